The molecule has 0 unspecified atom stereocenters. The van der Waals surface area contributed by atoms with Gasteiger partial charge in [0.2, 0.25) is 0 Å². The molecule has 0 heterocycles. The summed E-state index contributed by atoms with van der Waals surface area (Å²) in [5.74, 6) is 0. The zero-order chi connectivity index (χ0) is 11.6. The molecule has 0 aromatic heterocycles. The summed E-state index contributed by atoms with van der Waals surface area (Å²) in [5, 5.41) is 0. The minimum absolute atomic E-state index is 1.20. The number of hydrogen-bond acceptors (Lipinski definition) is 2. The minimum atomic E-state index is -1.40. The van der Waals surface area contributed by atoms with Gasteiger partial charge in [-0.15, -0.1) is 12.3 Å². The third-order valence-electron chi connectivity index (χ3n) is 3.27. The summed E-state index contributed by atoms with van der Waals surface area (Å²) >= 11 is 0. The SMILES string of the molecule is C=C[Si](C)(C)C[Si](C)(N(C)C)N(C)C. The molecule has 0 aliphatic carbocycles. The zero-order valence-corrected chi connectivity index (χ0v) is 12.9. The molecule has 0 aliphatic rings. The van der Waals surface area contributed by atoms with E-state index in [1.54, 1.807) is 0 Å². The number of nitrogens with zero attached hydrogens (tertiary/aromatic N) is 2. The second-order valence-corrected chi connectivity index (χ2v) is 15.4. The first kappa shape index (κ1) is 14.1. The van der Waals surface area contributed by atoms with Crippen molar-refractivity contribution >= 4 is 16.5 Å². The molecule has 0 saturated heterocycles. The summed E-state index contributed by atoms with van der Waals surface area (Å²) in [6.07, 6.45) is 0. The fraction of sp³-hybridized carbons (Fsp3) is 0.800. The van der Waals surface area contributed by atoms with Crippen LogP contribution in [0.25, 0.3) is 0 Å². The van der Waals surface area contributed by atoms with E-state index in [-0.39, 0.29) is 0 Å². The van der Waals surface area contributed by atoms with Crippen molar-refractivity contribution in [3.05, 3.63) is 12.3 Å². The first-order valence-electron chi connectivity index (χ1n) is 5.14. The van der Waals surface area contributed by atoms with Gasteiger partial charge in [-0.1, -0.05) is 13.1 Å². The molecule has 0 atom stereocenters. The highest BCUT2D eigenvalue weighted by Gasteiger charge is 2.38. The van der Waals surface area contributed by atoms with Gasteiger partial charge in [0, 0.05) is 0 Å². The molecule has 84 valence electrons. The molecule has 0 radical (unpaired) electrons. The summed E-state index contributed by atoms with van der Waals surface area (Å²) in [5.41, 5.74) is 3.56. The second kappa shape index (κ2) is 4.74. The van der Waals surface area contributed by atoms with Gasteiger partial charge < -0.3 is 9.13 Å². The van der Waals surface area contributed by atoms with Gasteiger partial charge in [-0.25, -0.2) is 0 Å². The third-order valence-corrected chi connectivity index (χ3v) is 14.6. The first-order valence-corrected chi connectivity index (χ1v) is 11.0. The molecule has 0 aromatic rings. The molecule has 0 N–H and O–H groups in total. The maximum Gasteiger partial charge on any atom is 0.200 e. The van der Waals surface area contributed by atoms with Gasteiger partial charge in [0.05, 0.1) is 8.07 Å². The van der Waals surface area contributed by atoms with Crippen molar-refractivity contribution in [3.8, 4) is 0 Å². The number of hydrogen-bond donors (Lipinski definition) is 0. The van der Waals surface area contributed by atoms with E-state index in [0.717, 1.165) is 0 Å². The van der Waals surface area contributed by atoms with E-state index in [1.165, 1.54) is 5.67 Å². The van der Waals surface area contributed by atoms with Crippen LogP contribution in [0.5, 0.6) is 0 Å². The standard InChI is InChI=1S/C10H26N2Si2/c1-9-13(6,7)10-14(8,11(2)3)12(4)5/h9H,1,10H2,2-8H3. The number of rotatable bonds is 5. The lowest BCUT2D eigenvalue weighted by Gasteiger charge is -2.43. The van der Waals surface area contributed by atoms with Crippen LogP contribution in [-0.2, 0) is 0 Å². The summed E-state index contributed by atoms with van der Waals surface area (Å²) in [6, 6.07) is 0. The lowest BCUT2D eigenvalue weighted by Crippen LogP contribution is -2.61. The van der Waals surface area contributed by atoms with Crippen molar-refractivity contribution in [1.82, 2.24) is 9.13 Å². The average molecular weight is 231 g/mol. The third kappa shape index (κ3) is 3.35. The molecule has 2 nitrogen and oxygen atoms in total. The van der Waals surface area contributed by atoms with Crippen LogP contribution in [0.4, 0.5) is 0 Å². The van der Waals surface area contributed by atoms with Crippen LogP contribution < -0.4 is 0 Å². The summed E-state index contributed by atoms with van der Waals surface area (Å²) in [6.45, 7) is 11.2. The highest BCUT2D eigenvalue weighted by atomic mass is 28.4. The predicted octanol–water partition coefficient (Wildman–Crippen LogP) is 2.15. The normalized spacial score (nSPS) is 13.8. The van der Waals surface area contributed by atoms with Crippen LogP contribution in [0, 0.1) is 0 Å². The van der Waals surface area contributed by atoms with Crippen molar-refractivity contribution in [2.75, 3.05) is 28.2 Å². The summed E-state index contributed by atoms with van der Waals surface area (Å²) < 4.78 is 4.87. The highest BCUT2D eigenvalue weighted by molar-refractivity contribution is 6.95. The molecule has 0 fully saturated rings. The second-order valence-electron chi connectivity index (χ2n) is 5.38. The maximum atomic E-state index is 3.98. The van der Waals surface area contributed by atoms with Crippen molar-refractivity contribution in [2.45, 2.75) is 25.3 Å². The van der Waals surface area contributed by atoms with Crippen LogP contribution in [0.2, 0.25) is 25.3 Å². The van der Waals surface area contributed by atoms with E-state index >= 15 is 0 Å². The summed E-state index contributed by atoms with van der Waals surface area (Å²) in [4.78, 5) is 0. The van der Waals surface area contributed by atoms with E-state index < -0.39 is 16.5 Å². The van der Waals surface area contributed by atoms with Gasteiger partial charge in [0.15, 0.2) is 8.40 Å². The fourth-order valence-electron chi connectivity index (χ4n) is 1.65. The van der Waals surface area contributed by atoms with Gasteiger partial charge in [0.1, 0.15) is 0 Å². The van der Waals surface area contributed by atoms with Gasteiger partial charge in [0.25, 0.3) is 0 Å². The Morgan fingerprint density at radius 3 is 1.57 bits per heavy atom. The summed E-state index contributed by atoms with van der Waals surface area (Å²) in [7, 11) is 6.23. The van der Waals surface area contributed by atoms with Gasteiger partial charge in [-0.2, -0.15) is 0 Å². The van der Waals surface area contributed by atoms with E-state index in [4.69, 9.17) is 0 Å². The van der Waals surface area contributed by atoms with E-state index in [2.05, 4.69) is 69.2 Å². The quantitative estimate of drug-likeness (QED) is 0.668. The highest BCUT2D eigenvalue weighted by Crippen LogP contribution is 2.23. The van der Waals surface area contributed by atoms with E-state index in [0.29, 0.717) is 0 Å². The lowest BCUT2D eigenvalue weighted by atomic mass is 11.2. The predicted molar refractivity (Wildman–Crippen MR) is 71.5 cm³/mol. The van der Waals surface area contributed by atoms with Crippen molar-refractivity contribution in [3.63, 3.8) is 0 Å². The molecular weight excluding hydrogens is 204 g/mol. The molecule has 0 aromatic carbocycles. The topological polar surface area (TPSA) is 6.48 Å². The lowest BCUT2D eigenvalue weighted by molar-refractivity contribution is 0.491. The smallest absolute Gasteiger partial charge is 0.200 e. The monoisotopic (exact) mass is 230 g/mol. The first-order chi connectivity index (χ1) is 6.15. The van der Waals surface area contributed by atoms with Crippen LogP contribution in [-0.4, -0.2) is 53.8 Å². The van der Waals surface area contributed by atoms with Crippen LogP contribution in [0.3, 0.4) is 0 Å². The Morgan fingerprint density at radius 2 is 1.36 bits per heavy atom. The molecule has 4 heteroatoms. The van der Waals surface area contributed by atoms with Crippen molar-refractivity contribution in [2.24, 2.45) is 0 Å². The zero-order valence-electron chi connectivity index (χ0n) is 10.9. The molecule has 0 aliphatic heterocycles. The fourth-order valence-corrected chi connectivity index (χ4v) is 12.5. The minimum Gasteiger partial charge on any atom is -0.317 e. The van der Waals surface area contributed by atoms with E-state index in [9.17, 15) is 0 Å². The van der Waals surface area contributed by atoms with Crippen LogP contribution >= 0.6 is 0 Å². The Morgan fingerprint density at radius 1 is 1.00 bits per heavy atom. The Bertz CT molecular complexity index is 192. The Balaban J connectivity index is 4.79. The molecule has 14 heavy (non-hydrogen) atoms. The Kier molecular flexibility index (Phi) is 4.77. The van der Waals surface area contributed by atoms with Gasteiger partial charge in [-0.05, 0) is 40.4 Å². The molecule has 0 amide bonds. The molecule has 0 rings (SSSR count). The van der Waals surface area contributed by atoms with Crippen molar-refractivity contribution < 1.29 is 0 Å². The molecular formula is C10H26N2Si2. The average Bonchev–Trinajstić information content (AvgIpc) is 2.03. The molecule has 0 saturated carbocycles. The Hall–Kier alpha value is 0.0938. The van der Waals surface area contributed by atoms with Crippen LogP contribution in [0.1, 0.15) is 0 Å². The largest absolute Gasteiger partial charge is 0.317 e. The van der Waals surface area contributed by atoms with E-state index in [1.807, 2.05) is 0 Å². The molecule has 0 spiro atoms. The maximum absolute atomic E-state index is 3.98. The molecule has 0 bridgehead atoms. The Labute approximate surface area is 91.8 Å². The van der Waals surface area contributed by atoms with Crippen molar-refractivity contribution in [1.29, 1.82) is 0 Å². The van der Waals surface area contributed by atoms with Gasteiger partial charge >= 0.3 is 0 Å². The van der Waals surface area contributed by atoms with Crippen LogP contribution in [0.15, 0.2) is 12.3 Å². The van der Waals surface area contributed by atoms with Gasteiger partial charge in [-0.3, -0.25) is 0 Å².